The molecule has 4 nitrogen and oxygen atoms in total. The molecular weight excluding hydrogens is 326 g/mol. The highest BCUT2D eigenvalue weighted by Gasteiger charge is 2.14. The molecule has 23 heavy (non-hydrogen) atoms. The third-order valence-corrected chi connectivity index (χ3v) is 5.48. The molecule has 3 aromatic rings. The Hall–Kier alpha value is -1.79. The fraction of sp³-hybridized carbons (Fsp3) is 0.294. The molecule has 0 fully saturated rings. The van der Waals surface area contributed by atoms with Crippen LogP contribution in [0.4, 0.5) is 0 Å². The maximum absolute atomic E-state index is 12.3. The lowest BCUT2D eigenvalue weighted by molar-refractivity contribution is -0.127. The third kappa shape index (κ3) is 3.59. The zero-order valence-electron chi connectivity index (χ0n) is 13.2. The summed E-state index contributed by atoms with van der Waals surface area (Å²) in [5.74, 6) is 0.531. The van der Waals surface area contributed by atoms with Crippen LogP contribution in [0.5, 0.6) is 0 Å². The standard InChI is InChI=1S/C17H19N3OS2/c1-3-20-15-9-5-4-8-14(15)18-17(20)23-12-16(21)19(2)11-13-7-6-10-22-13/h4-10H,3,11-12H2,1-2H3. The van der Waals surface area contributed by atoms with Crippen LogP contribution >= 0.6 is 23.1 Å². The minimum absolute atomic E-state index is 0.123. The number of thiophene rings is 1. The Morgan fingerprint density at radius 2 is 2.13 bits per heavy atom. The Morgan fingerprint density at radius 1 is 1.30 bits per heavy atom. The predicted octanol–water partition coefficient (Wildman–Crippen LogP) is 3.87. The van der Waals surface area contributed by atoms with Crippen molar-refractivity contribution < 1.29 is 4.79 Å². The van der Waals surface area contributed by atoms with Gasteiger partial charge in [0.2, 0.25) is 5.91 Å². The van der Waals surface area contributed by atoms with Crippen LogP contribution in [0.3, 0.4) is 0 Å². The summed E-state index contributed by atoms with van der Waals surface area (Å²) in [6.07, 6.45) is 0. The van der Waals surface area contributed by atoms with Crippen molar-refractivity contribution in [2.24, 2.45) is 0 Å². The lowest BCUT2D eigenvalue weighted by Gasteiger charge is -2.16. The largest absolute Gasteiger partial charge is 0.340 e. The van der Waals surface area contributed by atoms with E-state index in [0.717, 1.165) is 22.7 Å². The first-order valence-corrected chi connectivity index (χ1v) is 9.40. The van der Waals surface area contributed by atoms with Gasteiger partial charge in [-0.05, 0) is 30.5 Å². The quantitative estimate of drug-likeness (QED) is 0.637. The minimum Gasteiger partial charge on any atom is -0.340 e. The summed E-state index contributed by atoms with van der Waals surface area (Å²) in [4.78, 5) is 20.0. The van der Waals surface area contributed by atoms with E-state index in [0.29, 0.717) is 12.3 Å². The van der Waals surface area contributed by atoms with Gasteiger partial charge in [0.05, 0.1) is 23.3 Å². The maximum atomic E-state index is 12.3. The number of imidazole rings is 1. The van der Waals surface area contributed by atoms with Crippen molar-refractivity contribution in [2.75, 3.05) is 12.8 Å². The zero-order valence-corrected chi connectivity index (χ0v) is 14.9. The van der Waals surface area contributed by atoms with Crippen molar-refractivity contribution in [1.29, 1.82) is 0 Å². The van der Waals surface area contributed by atoms with Gasteiger partial charge in [-0.2, -0.15) is 0 Å². The number of fused-ring (bicyclic) bond motifs is 1. The maximum Gasteiger partial charge on any atom is 0.233 e. The first-order valence-electron chi connectivity index (χ1n) is 7.53. The molecule has 1 aromatic carbocycles. The number of carbonyl (C=O) groups is 1. The van der Waals surface area contributed by atoms with E-state index in [4.69, 9.17) is 0 Å². The number of para-hydroxylation sites is 2. The molecule has 0 bridgehead atoms. The Balaban J connectivity index is 1.67. The van der Waals surface area contributed by atoms with Crippen LogP contribution in [0.2, 0.25) is 0 Å². The van der Waals surface area contributed by atoms with Crippen molar-refractivity contribution in [2.45, 2.75) is 25.2 Å². The van der Waals surface area contributed by atoms with Gasteiger partial charge in [0.15, 0.2) is 5.16 Å². The molecule has 0 N–H and O–H groups in total. The number of hydrogen-bond acceptors (Lipinski definition) is 4. The smallest absolute Gasteiger partial charge is 0.233 e. The number of aromatic nitrogens is 2. The molecule has 0 aliphatic rings. The molecule has 0 aliphatic heterocycles. The van der Waals surface area contributed by atoms with E-state index in [1.54, 1.807) is 16.2 Å². The summed E-state index contributed by atoms with van der Waals surface area (Å²) >= 11 is 3.19. The number of amides is 1. The Morgan fingerprint density at radius 3 is 2.87 bits per heavy atom. The van der Waals surface area contributed by atoms with Gasteiger partial charge < -0.3 is 9.47 Å². The molecule has 3 rings (SSSR count). The Bertz CT molecular complexity index is 795. The van der Waals surface area contributed by atoms with Crippen molar-refractivity contribution >= 4 is 40.0 Å². The number of hydrogen-bond donors (Lipinski definition) is 0. The van der Waals surface area contributed by atoms with Gasteiger partial charge in [-0.25, -0.2) is 4.98 Å². The van der Waals surface area contributed by atoms with Crippen LogP contribution < -0.4 is 0 Å². The minimum atomic E-state index is 0.123. The number of nitrogens with zero attached hydrogens (tertiary/aromatic N) is 3. The number of aryl methyl sites for hydroxylation is 1. The molecule has 0 saturated heterocycles. The van der Waals surface area contributed by atoms with Crippen molar-refractivity contribution in [3.8, 4) is 0 Å². The summed E-state index contributed by atoms with van der Waals surface area (Å²) in [5, 5.41) is 2.94. The highest BCUT2D eigenvalue weighted by atomic mass is 32.2. The van der Waals surface area contributed by atoms with E-state index < -0.39 is 0 Å². The summed E-state index contributed by atoms with van der Waals surface area (Å²) in [6, 6.07) is 12.2. The SMILES string of the molecule is CCn1c(SCC(=O)N(C)Cc2cccs2)nc2ccccc21. The lowest BCUT2D eigenvalue weighted by Crippen LogP contribution is -2.27. The highest BCUT2D eigenvalue weighted by Crippen LogP contribution is 2.24. The summed E-state index contributed by atoms with van der Waals surface area (Å²) in [7, 11) is 1.85. The van der Waals surface area contributed by atoms with Crippen molar-refractivity contribution in [3.05, 3.63) is 46.7 Å². The van der Waals surface area contributed by atoms with Crippen LogP contribution in [0.25, 0.3) is 11.0 Å². The van der Waals surface area contributed by atoms with Crippen LogP contribution in [-0.2, 0) is 17.9 Å². The molecule has 0 saturated carbocycles. The van der Waals surface area contributed by atoms with E-state index in [9.17, 15) is 4.79 Å². The molecule has 0 radical (unpaired) electrons. The zero-order chi connectivity index (χ0) is 16.2. The molecule has 6 heteroatoms. The van der Waals surface area contributed by atoms with Gasteiger partial charge in [-0.1, -0.05) is 30.0 Å². The van der Waals surface area contributed by atoms with E-state index >= 15 is 0 Å². The topological polar surface area (TPSA) is 38.1 Å². The number of rotatable bonds is 6. The number of carbonyl (C=O) groups excluding carboxylic acids is 1. The Kier molecular flexibility index (Phi) is 5.03. The molecular formula is C17H19N3OS2. The molecule has 0 unspecified atom stereocenters. The first kappa shape index (κ1) is 16.1. The van der Waals surface area contributed by atoms with Gasteiger partial charge in [-0.3, -0.25) is 4.79 Å². The van der Waals surface area contributed by atoms with Gasteiger partial charge >= 0.3 is 0 Å². The summed E-state index contributed by atoms with van der Waals surface area (Å²) in [5.41, 5.74) is 2.10. The molecule has 2 heterocycles. The van der Waals surface area contributed by atoms with Crippen molar-refractivity contribution in [1.82, 2.24) is 14.5 Å². The number of thioether (sulfide) groups is 1. The van der Waals surface area contributed by atoms with Crippen LogP contribution in [0.1, 0.15) is 11.8 Å². The third-order valence-electron chi connectivity index (χ3n) is 3.66. The second-order valence-electron chi connectivity index (χ2n) is 5.25. The first-order chi connectivity index (χ1) is 11.2. The van der Waals surface area contributed by atoms with E-state index in [2.05, 4.69) is 28.6 Å². The molecule has 2 aromatic heterocycles. The van der Waals surface area contributed by atoms with Crippen molar-refractivity contribution in [3.63, 3.8) is 0 Å². The van der Waals surface area contributed by atoms with Gasteiger partial charge in [0.1, 0.15) is 0 Å². The lowest BCUT2D eigenvalue weighted by atomic mass is 10.3. The van der Waals surface area contributed by atoms with Gasteiger partial charge in [0.25, 0.3) is 0 Å². The van der Waals surface area contributed by atoms with Crippen LogP contribution in [0.15, 0.2) is 46.9 Å². The summed E-state index contributed by atoms with van der Waals surface area (Å²) in [6.45, 7) is 3.62. The molecule has 0 spiro atoms. The molecule has 120 valence electrons. The number of benzene rings is 1. The normalized spacial score (nSPS) is 11.0. The second kappa shape index (κ2) is 7.19. The monoisotopic (exact) mass is 345 g/mol. The fourth-order valence-electron chi connectivity index (χ4n) is 2.43. The summed E-state index contributed by atoms with van der Waals surface area (Å²) < 4.78 is 2.16. The van der Waals surface area contributed by atoms with E-state index in [-0.39, 0.29) is 5.91 Å². The average molecular weight is 345 g/mol. The van der Waals surface area contributed by atoms with E-state index in [1.807, 2.05) is 36.7 Å². The molecule has 1 amide bonds. The predicted molar refractivity (Wildman–Crippen MR) is 96.9 cm³/mol. The fourth-order valence-corrected chi connectivity index (χ4v) is 4.21. The Labute approximate surface area is 144 Å². The molecule has 0 atom stereocenters. The van der Waals surface area contributed by atoms with Crippen LogP contribution in [0, 0.1) is 0 Å². The van der Waals surface area contributed by atoms with Gasteiger partial charge in [0, 0.05) is 18.5 Å². The van der Waals surface area contributed by atoms with Crippen LogP contribution in [-0.4, -0.2) is 33.2 Å². The second-order valence-corrected chi connectivity index (χ2v) is 7.22. The average Bonchev–Trinajstić information content (AvgIpc) is 3.19. The van der Waals surface area contributed by atoms with Gasteiger partial charge in [-0.15, -0.1) is 11.3 Å². The van der Waals surface area contributed by atoms with E-state index in [1.165, 1.54) is 16.6 Å². The highest BCUT2D eigenvalue weighted by molar-refractivity contribution is 7.99. The molecule has 0 aliphatic carbocycles.